The van der Waals surface area contributed by atoms with Crippen LogP contribution < -0.4 is 21.5 Å². The monoisotopic (exact) mass is 959 g/mol. The molecule has 0 saturated carbocycles. The maximum atomic E-state index is 15.5. The molecular formula is C52H71FN6O10. The summed E-state index contributed by atoms with van der Waals surface area (Å²) in [5, 5.41) is 19.4. The number of likely N-dealkylation sites (tertiary alicyclic amines) is 1. The molecule has 1 saturated heterocycles. The van der Waals surface area contributed by atoms with Gasteiger partial charge in [0, 0.05) is 48.6 Å². The second-order valence-electron chi connectivity index (χ2n) is 19.6. The molecule has 3 aliphatic heterocycles. The number of pyridine rings is 2. The molecule has 0 radical (unpaired) electrons. The number of aliphatic hydroxyl groups excluding tert-OH is 1. The summed E-state index contributed by atoms with van der Waals surface area (Å²) in [4.78, 5) is 96.7. The second kappa shape index (κ2) is 23.4. The van der Waals surface area contributed by atoms with Crippen LogP contribution in [-0.2, 0) is 64.2 Å². The van der Waals surface area contributed by atoms with Crippen molar-refractivity contribution in [2.45, 2.75) is 164 Å². The van der Waals surface area contributed by atoms with Crippen LogP contribution in [0.4, 0.5) is 4.39 Å². The molecule has 3 aromatic rings. The number of esters is 1. The highest BCUT2D eigenvalue weighted by Gasteiger charge is 2.47. The Balaban J connectivity index is 0.910. The van der Waals surface area contributed by atoms with Crippen LogP contribution in [0.2, 0.25) is 0 Å². The van der Waals surface area contributed by atoms with Gasteiger partial charge in [0.15, 0.2) is 6.10 Å². The van der Waals surface area contributed by atoms with Gasteiger partial charge in [-0.3, -0.25) is 33.7 Å². The van der Waals surface area contributed by atoms with Crippen molar-refractivity contribution in [1.29, 1.82) is 0 Å². The fraction of sp³-hybridized carbons (Fsp3) is 0.615. The van der Waals surface area contributed by atoms with Crippen LogP contribution in [0.5, 0.6) is 0 Å². The zero-order chi connectivity index (χ0) is 50.2. The molecule has 3 aliphatic rings. The van der Waals surface area contributed by atoms with Crippen molar-refractivity contribution in [3.05, 3.63) is 61.7 Å². The van der Waals surface area contributed by atoms with E-state index in [2.05, 4.69) is 36.7 Å². The molecule has 1 aromatic carbocycles. The minimum absolute atomic E-state index is 0.0691. The van der Waals surface area contributed by atoms with E-state index in [0.717, 1.165) is 54.2 Å². The second-order valence-corrected chi connectivity index (χ2v) is 19.6. The number of amides is 5. The summed E-state index contributed by atoms with van der Waals surface area (Å²) in [6, 6.07) is 2.18. The van der Waals surface area contributed by atoms with Gasteiger partial charge in [0.05, 0.1) is 41.5 Å². The van der Waals surface area contributed by atoms with Crippen LogP contribution >= 0.6 is 0 Å². The smallest absolute Gasteiger partial charge is 0.340 e. The van der Waals surface area contributed by atoms with Crippen LogP contribution in [0, 0.1) is 30.0 Å². The predicted molar refractivity (Wildman–Crippen MR) is 257 cm³/mol. The first kappa shape index (κ1) is 52.8. The maximum absolute atomic E-state index is 15.5. The molecule has 0 spiro atoms. The Labute approximate surface area is 403 Å². The fourth-order valence-electron chi connectivity index (χ4n) is 10.4. The minimum atomic E-state index is -1.57. The largest absolute Gasteiger partial charge is 0.458 e. The van der Waals surface area contributed by atoms with E-state index in [9.17, 15) is 38.7 Å². The molecule has 5 amide bonds. The third-order valence-electron chi connectivity index (χ3n) is 14.4. The van der Waals surface area contributed by atoms with Gasteiger partial charge in [-0.05, 0) is 92.4 Å². The Morgan fingerprint density at radius 2 is 1.72 bits per heavy atom. The van der Waals surface area contributed by atoms with Gasteiger partial charge in [0.2, 0.25) is 29.5 Å². The minimum Gasteiger partial charge on any atom is -0.458 e. The number of aliphatic hydroxyl groups is 1. The quantitative estimate of drug-likeness (QED) is 0.0257. The third-order valence-corrected chi connectivity index (χ3v) is 14.4. The molecule has 2 aromatic heterocycles. The number of rotatable bonds is 25. The van der Waals surface area contributed by atoms with Crippen molar-refractivity contribution >= 4 is 46.4 Å². The van der Waals surface area contributed by atoms with Crippen LogP contribution in [0.1, 0.15) is 158 Å². The molecule has 17 heteroatoms. The van der Waals surface area contributed by atoms with Crippen LogP contribution in [0.15, 0.2) is 16.9 Å². The van der Waals surface area contributed by atoms with Gasteiger partial charge in [-0.2, -0.15) is 0 Å². The summed E-state index contributed by atoms with van der Waals surface area (Å²) in [6.07, 6.45) is 7.87. The number of cyclic esters (lactones) is 1. The summed E-state index contributed by atoms with van der Waals surface area (Å²) in [6.45, 7) is 14.0. The summed E-state index contributed by atoms with van der Waals surface area (Å²) in [5.41, 5.74) is 4.45. The number of nitrogens with zero attached hydrogens (tertiary/aromatic N) is 3. The highest BCUT2D eigenvalue weighted by molar-refractivity contribution is 6.04. The average molecular weight is 959 g/mol. The first-order chi connectivity index (χ1) is 33.0. The molecule has 376 valence electrons. The van der Waals surface area contributed by atoms with Crippen molar-refractivity contribution in [3.8, 4) is 11.4 Å². The number of ether oxygens (including phenoxy) is 2. The zero-order valence-corrected chi connectivity index (χ0v) is 41.4. The number of hydrogen-bond donors (Lipinski definition) is 4. The number of carbonyl (C=O) groups excluding carboxylic acids is 6. The standard InChI is InChI=1S/C52H71FN6O10/c1-8-11-20-52(7,19-9-2)37-24-43(62)58(50(37)66)21-15-12-13-18-41(60)57-45(30(4)5)48(64)54-26-42(61)55-29-68-22-16-14-17-33-31(6)38(53)25-39-44(33)32(10-3)35-27-59-40(46(35)56-39)23-34-36(49(59)65)28-69-51(67)47(34)63/h23,25,30,37,45,47,63H,8-22,24,26-29H2,1-7H3,(H,54,64)(H,55,61)(H,57,60)/t37?,45-,47-,52?/m0/s1. The third kappa shape index (κ3) is 11.7. The number of aromatic nitrogens is 2. The lowest BCUT2D eigenvalue weighted by Crippen LogP contribution is -2.51. The van der Waals surface area contributed by atoms with E-state index in [1.165, 1.54) is 11.0 Å². The average Bonchev–Trinajstić information content (AvgIpc) is 3.83. The van der Waals surface area contributed by atoms with E-state index in [-0.39, 0.29) is 90.9 Å². The molecule has 4 atom stereocenters. The summed E-state index contributed by atoms with van der Waals surface area (Å²) in [5.74, 6) is -3.18. The van der Waals surface area contributed by atoms with Gasteiger partial charge in [-0.1, -0.05) is 67.2 Å². The lowest BCUT2D eigenvalue weighted by atomic mass is 9.69. The normalized spacial score (nSPS) is 17.7. The number of benzene rings is 1. The molecule has 16 nitrogen and oxygen atoms in total. The molecular weight excluding hydrogens is 888 g/mol. The Hall–Kier alpha value is -5.55. The van der Waals surface area contributed by atoms with Gasteiger partial charge in [0.25, 0.3) is 5.56 Å². The Morgan fingerprint density at radius 3 is 2.43 bits per heavy atom. The number of unbranched alkanes of at least 4 members (excludes halogenated alkanes) is 4. The number of fused-ring (bicyclic) bond motifs is 5. The van der Waals surface area contributed by atoms with Crippen LogP contribution in [0.25, 0.3) is 22.3 Å². The molecule has 1 fully saturated rings. The first-order valence-electron chi connectivity index (χ1n) is 25.0. The van der Waals surface area contributed by atoms with E-state index in [1.807, 2.05) is 6.92 Å². The number of hydrogen-bond acceptors (Lipinski definition) is 11. The van der Waals surface area contributed by atoms with Crippen LogP contribution in [0.3, 0.4) is 0 Å². The van der Waals surface area contributed by atoms with Gasteiger partial charge < -0.3 is 35.1 Å². The van der Waals surface area contributed by atoms with Gasteiger partial charge in [-0.15, -0.1) is 0 Å². The number of nitrogens with one attached hydrogen (secondary N) is 3. The fourth-order valence-corrected chi connectivity index (χ4v) is 10.4. The van der Waals surface area contributed by atoms with Crippen LogP contribution in [-0.4, -0.2) is 87.5 Å². The van der Waals surface area contributed by atoms with Gasteiger partial charge in [0.1, 0.15) is 25.2 Å². The van der Waals surface area contributed by atoms with Gasteiger partial charge >= 0.3 is 5.97 Å². The Kier molecular flexibility index (Phi) is 17.9. The highest BCUT2D eigenvalue weighted by Crippen LogP contribution is 2.44. The SMILES string of the molecule is CCCCC(C)(CCC)C1CC(=O)N(CCCCCC(=O)N[C@H](C(=O)NCC(=O)NCOCCCCc2c(C)c(F)cc3nc4c(c(CC)c23)Cn2c-4cc3c(c2=O)COC(=O)[C@H]3O)C(C)C)C1=O. The summed E-state index contributed by atoms with van der Waals surface area (Å²) in [7, 11) is 0. The zero-order valence-electron chi connectivity index (χ0n) is 41.4. The van der Waals surface area contributed by atoms with E-state index in [4.69, 9.17) is 14.5 Å². The Bertz CT molecular complexity index is 2510. The predicted octanol–water partition coefficient (Wildman–Crippen LogP) is 6.13. The summed E-state index contributed by atoms with van der Waals surface area (Å²) < 4.78 is 27.7. The number of carbonyl (C=O) groups is 6. The van der Waals surface area contributed by atoms with Crippen molar-refractivity contribution < 1.29 is 47.7 Å². The molecule has 6 rings (SSSR count). The Morgan fingerprint density at radius 1 is 0.957 bits per heavy atom. The lowest BCUT2D eigenvalue weighted by Gasteiger charge is -2.34. The molecule has 2 unspecified atom stereocenters. The number of imide groups is 1. The van der Waals surface area contributed by atoms with Crippen molar-refractivity contribution in [3.63, 3.8) is 0 Å². The van der Waals surface area contributed by atoms with Crippen molar-refractivity contribution in [2.24, 2.45) is 17.3 Å². The van der Waals surface area contributed by atoms with E-state index in [0.29, 0.717) is 80.6 Å². The maximum Gasteiger partial charge on any atom is 0.340 e. The van der Waals surface area contributed by atoms with Crippen molar-refractivity contribution in [1.82, 2.24) is 30.4 Å². The summed E-state index contributed by atoms with van der Waals surface area (Å²) >= 11 is 0. The molecule has 5 heterocycles. The molecule has 0 aliphatic carbocycles. The lowest BCUT2D eigenvalue weighted by molar-refractivity contribution is -0.157. The van der Waals surface area contributed by atoms with E-state index < -0.39 is 35.7 Å². The van der Waals surface area contributed by atoms with Crippen molar-refractivity contribution in [2.75, 3.05) is 26.4 Å². The molecule has 4 N–H and O–H groups in total. The number of aryl methyl sites for hydroxylation is 2. The molecule has 69 heavy (non-hydrogen) atoms. The van der Waals surface area contributed by atoms with E-state index in [1.54, 1.807) is 31.4 Å². The first-order valence-corrected chi connectivity index (χ1v) is 25.0. The molecule has 0 bridgehead atoms. The number of halogens is 1. The highest BCUT2D eigenvalue weighted by atomic mass is 19.1. The topological polar surface area (TPSA) is 215 Å². The van der Waals surface area contributed by atoms with Gasteiger partial charge in [-0.25, -0.2) is 14.2 Å². The van der Waals surface area contributed by atoms with E-state index >= 15 is 4.39 Å².